The van der Waals surface area contributed by atoms with Gasteiger partial charge in [0.1, 0.15) is 12.2 Å². The molecule has 0 aromatic carbocycles. The number of rotatable bonds is 5. The molecule has 0 bridgehead atoms. The summed E-state index contributed by atoms with van der Waals surface area (Å²) in [5.41, 5.74) is 0. The van der Waals surface area contributed by atoms with Crippen molar-refractivity contribution in [1.82, 2.24) is 0 Å². The van der Waals surface area contributed by atoms with Crippen molar-refractivity contribution in [2.75, 3.05) is 19.8 Å². The normalized spacial score (nSPS) is 39.9. The van der Waals surface area contributed by atoms with Crippen molar-refractivity contribution in [2.24, 2.45) is 11.8 Å². The molecule has 8 N–H and O–H groups in total. The zero-order chi connectivity index (χ0) is 26.7. The van der Waals surface area contributed by atoms with Crippen LogP contribution in [0.25, 0.3) is 0 Å². The minimum atomic E-state index is -1.11. The average Bonchev–Trinajstić information content (AvgIpc) is 2.81. The minimum Gasteiger partial charge on any atom is -0.394 e. The maximum Gasteiger partial charge on any atom is 0.157 e. The van der Waals surface area contributed by atoms with Gasteiger partial charge >= 0.3 is 0 Å². The molecule has 3 aliphatic heterocycles. The molecular weight excluding hydrogens is 464 g/mol. The number of ether oxygens (including phenoxy) is 3. The molecule has 11 heteroatoms. The first kappa shape index (κ1) is 32.6. The quantitative estimate of drug-likeness (QED) is 0.223. The molecule has 11 nitrogen and oxygen atoms in total. The molecule has 3 rings (SSSR count). The molecule has 8 unspecified atom stereocenters. The third-order valence-corrected chi connectivity index (χ3v) is 6.44. The second-order valence-corrected chi connectivity index (χ2v) is 10.3. The smallest absolute Gasteiger partial charge is 0.157 e. The molecule has 3 heterocycles. The highest BCUT2D eigenvalue weighted by Gasteiger charge is 2.35. The molecule has 3 fully saturated rings. The van der Waals surface area contributed by atoms with Crippen molar-refractivity contribution < 1.29 is 55.1 Å². The van der Waals surface area contributed by atoms with Gasteiger partial charge in [0.2, 0.25) is 0 Å². The van der Waals surface area contributed by atoms with E-state index in [4.69, 9.17) is 44.8 Å². The summed E-state index contributed by atoms with van der Waals surface area (Å²) in [6.45, 7) is 7.89. The fourth-order valence-corrected chi connectivity index (χ4v) is 4.23. The topological polar surface area (TPSA) is 190 Å². The number of hydrogen-bond donors (Lipinski definition) is 8. The Morgan fingerprint density at radius 1 is 0.600 bits per heavy atom. The number of hydrogen-bond acceptors (Lipinski definition) is 11. The van der Waals surface area contributed by atoms with Gasteiger partial charge in [-0.15, -0.1) is 0 Å². The van der Waals surface area contributed by atoms with Crippen molar-refractivity contribution in [3.63, 3.8) is 0 Å². The Hall–Kier alpha value is -0.440. The Bertz CT molecular complexity index is 518. The summed E-state index contributed by atoms with van der Waals surface area (Å²) in [6.07, 6.45) is -2.30. The molecule has 210 valence electrons. The molecule has 0 aliphatic carbocycles. The van der Waals surface area contributed by atoms with E-state index in [0.29, 0.717) is 37.5 Å². The molecule has 0 aromatic heterocycles. The van der Waals surface area contributed by atoms with Crippen molar-refractivity contribution in [3.05, 3.63) is 0 Å². The van der Waals surface area contributed by atoms with Gasteiger partial charge in [0.05, 0.1) is 62.5 Å². The molecule has 0 saturated carbocycles. The predicted molar refractivity (Wildman–Crippen MR) is 126 cm³/mol. The Balaban J connectivity index is 0.000000263. The van der Waals surface area contributed by atoms with E-state index in [-0.39, 0.29) is 56.3 Å². The summed E-state index contributed by atoms with van der Waals surface area (Å²) < 4.78 is 15.8. The molecule has 0 amide bonds. The number of aliphatic hydroxyl groups excluding tert-OH is 8. The average molecular weight is 513 g/mol. The second-order valence-electron chi connectivity index (χ2n) is 10.3. The largest absolute Gasteiger partial charge is 0.394 e. The van der Waals surface area contributed by atoms with Gasteiger partial charge in [-0.3, -0.25) is 0 Å². The molecule has 3 aliphatic rings. The minimum absolute atomic E-state index is 0.0142. The van der Waals surface area contributed by atoms with Crippen LogP contribution in [0, 0.1) is 11.8 Å². The SMILES string of the molecule is CC(C)C1CC(O)CC(CO)O1.CC(C)C1CC(O)CC(CO)O1.OCC1O[C@H](O)CC(O)[C@@H]1O. The monoisotopic (exact) mass is 512 g/mol. The molecule has 0 spiro atoms. The first-order valence-corrected chi connectivity index (χ1v) is 12.6. The Labute approximate surface area is 208 Å². The van der Waals surface area contributed by atoms with E-state index in [0.717, 1.165) is 0 Å². The van der Waals surface area contributed by atoms with E-state index in [2.05, 4.69) is 27.7 Å². The van der Waals surface area contributed by atoms with Crippen LogP contribution in [0.15, 0.2) is 0 Å². The highest BCUT2D eigenvalue weighted by Crippen LogP contribution is 2.25. The first-order valence-electron chi connectivity index (χ1n) is 12.6. The van der Waals surface area contributed by atoms with Crippen molar-refractivity contribution >= 4 is 0 Å². The lowest BCUT2D eigenvalue weighted by molar-refractivity contribution is -0.239. The van der Waals surface area contributed by atoms with E-state index in [1.165, 1.54) is 0 Å². The Morgan fingerprint density at radius 3 is 1.37 bits per heavy atom. The summed E-state index contributed by atoms with van der Waals surface area (Å²) in [7, 11) is 0. The van der Waals surface area contributed by atoms with Crippen LogP contribution in [0.3, 0.4) is 0 Å². The molecular formula is C24H48O11. The van der Waals surface area contributed by atoms with Crippen molar-refractivity contribution in [3.8, 4) is 0 Å². The zero-order valence-electron chi connectivity index (χ0n) is 21.4. The molecule has 0 radical (unpaired) electrons. The first-order chi connectivity index (χ1) is 16.4. The lowest BCUT2D eigenvalue weighted by Gasteiger charge is -2.34. The molecule has 3 saturated heterocycles. The van der Waals surface area contributed by atoms with E-state index in [1.807, 2.05) is 0 Å². The van der Waals surface area contributed by atoms with Gasteiger partial charge in [-0.2, -0.15) is 0 Å². The van der Waals surface area contributed by atoms with E-state index in [1.54, 1.807) is 0 Å². The van der Waals surface area contributed by atoms with Crippen LogP contribution in [0.5, 0.6) is 0 Å². The maximum absolute atomic E-state index is 9.44. The zero-order valence-corrected chi connectivity index (χ0v) is 21.4. The fraction of sp³-hybridized carbons (Fsp3) is 1.00. The summed E-state index contributed by atoms with van der Waals surface area (Å²) >= 11 is 0. The molecule has 0 aromatic rings. The maximum atomic E-state index is 9.44. The van der Waals surface area contributed by atoms with Gasteiger partial charge in [-0.25, -0.2) is 0 Å². The Morgan fingerprint density at radius 2 is 1.03 bits per heavy atom. The van der Waals surface area contributed by atoms with Crippen LogP contribution in [-0.2, 0) is 14.2 Å². The molecule has 10 atom stereocenters. The Kier molecular flexibility index (Phi) is 15.3. The van der Waals surface area contributed by atoms with Gasteiger partial charge in [0.25, 0.3) is 0 Å². The fourth-order valence-electron chi connectivity index (χ4n) is 4.23. The third-order valence-electron chi connectivity index (χ3n) is 6.44. The highest BCUT2D eigenvalue weighted by atomic mass is 16.6. The van der Waals surface area contributed by atoms with Gasteiger partial charge in [0, 0.05) is 19.3 Å². The van der Waals surface area contributed by atoms with E-state index in [9.17, 15) is 10.2 Å². The number of aliphatic hydroxyl groups is 8. The van der Waals surface area contributed by atoms with Crippen molar-refractivity contribution in [1.29, 1.82) is 0 Å². The van der Waals surface area contributed by atoms with Gasteiger partial charge < -0.3 is 55.1 Å². The lowest BCUT2D eigenvalue weighted by atomic mass is 9.94. The predicted octanol–water partition coefficient (Wildman–Crippen LogP) is -1.11. The van der Waals surface area contributed by atoms with Gasteiger partial charge in [-0.1, -0.05) is 27.7 Å². The van der Waals surface area contributed by atoms with Gasteiger partial charge in [0.15, 0.2) is 6.29 Å². The summed E-state index contributed by atoms with van der Waals surface area (Å²) in [5.74, 6) is 0.822. The van der Waals surface area contributed by atoms with Gasteiger partial charge in [-0.05, 0) is 24.7 Å². The van der Waals surface area contributed by atoms with E-state index < -0.39 is 31.2 Å². The van der Waals surface area contributed by atoms with Crippen LogP contribution in [0.2, 0.25) is 0 Å². The van der Waals surface area contributed by atoms with E-state index >= 15 is 0 Å². The molecule has 35 heavy (non-hydrogen) atoms. The lowest BCUT2D eigenvalue weighted by Crippen LogP contribution is -2.49. The standard InChI is InChI=1S/2C9H18O3.C6H12O5/c2*1-6(2)9-4-7(11)3-8(5-10)12-9;7-2-4-6(10)3(8)1-5(9)11-4/h2*6-11H,3-5H2,1-2H3;3-10H,1-2H2/t;;3?,4?,5-,6-/m..0/s1. The summed E-state index contributed by atoms with van der Waals surface area (Å²) in [5, 5.41) is 72.3. The summed E-state index contributed by atoms with van der Waals surface area (Å²) in [6, 6.07) is 0. The third kappa shape index (κ3) is 11.7. The van der Waals surface area contributed by atoms with Crippen LogP contribution >= 0.6 is 0 Å². The summed E-state index contributed by atoms with van der Waals surface area (Å²) in [4.78, 5) is 0. The van der Waals surface area contributed by atoms with Crippen LogP contribution in [0.1, 0.15) is 59.8 Å². The highest BCUT2D eigenvalue weighted by molar-refractivity contribution is 4.82. The second kappa shape index (κ2) is 16.4. The van der Waals surface area contributed by atoms with Crippen LogP contribution in [0.4, 0.5) is 0 Å². The van der Waals surface area contributed by atoms with Crippen LogP contribution < -0.4 is 0 Å². The van der Waals surface area contributed by atoms with Crippen molar-refractivity contribution in [2.45, 2.75) is 121 Å². The van der Waals surface area contributed by atoms with Crippen LogP contribution in [-0.4, -0.2) is 122 Å².